The van der Waals surface area contributed by atoms with Crippen molar-refractivity contribution in [1.82, 2.24) is 4.98 Å². The molecule has 1 aromatic heterocycles. The van der Waals surface area contributed by atoms with E-state index in [0.717, 1.165) is 10.2 Å². The SMILES string of the molecule is N#C/C(=C(/O)c1cc(Cl)ccc1Cl)c1nc2ccccc2s1. The maximum Gasteiger partial charge on any atom is 0.145 e. The van der Waals surface area contributed by atoms with E-state index in [4.69, 9.17) is 23.2 Å². The molecular weight excluding hydrogens is 339 g/mol. The van der Waals surface area contributed by atoms with Crippen molar-refractivity contribution >= 4 is 56.1 Å². The molecule has 0 atom stereocenters. The summed E-state index contributed by atoms with van der Waals surface area (Å²) in [7, 11) is 0. The Labute approximate surface area is 140 Å². The largest absolute Gasteiger partial charge is 0.506 e. The number of nitrogens with zero attached hydrogens (tertiary/aromatic N) is 2. The van der Waals surface area contributed by atoms with Crippen LogP contribution in [0.15, 0.2) is 42.5 Å². The molecule has 1 N–H and O–H groups in total. The van der Waals surface area contributed by atoms with Gasteiger partial charge in [0.2, 0.25) is 0 Å². The zero-order valence-electron chi connectivity index (χ0n) is 11.0. The molecular formula is C16H8Cl2N2OS. The minimum absolute atomic E-state index is 0.0744. The van der Waals surface area contributed by atoms with E-state index in [-0.39, 0.29) is 11.3 Å². The minimum Gasteiger partial charge on any atom is -0.506 e. The number of hydrogen-bond acceptors (Lipinski definition) is 4. The molecule has 0 saturated carbocycles. The number of aliphatic hydroxyl groups excluding tert-OH is 1. The van der Waals surface area contributed by atoms with Gasteiger partial charge in [-0.1, -0.05) is 35.3 Å². The van der Waals surface area contributed by atoms with Crippen LogP contribution < -0.4 is 0 Å². The molecule has 0 aliphatic rings. The van der Waals surface area contributed by atoms with E-state index in [9.17, 15) is 10.4 Å². The van der Waals surface area contributed by atoms with E-state index in [1.165, 1.54) is 17.4 Å². The minimum atomic E-state index is -0.228. The number of aromatic nitrogens is 1. The number of nitriles is 1. The van der Waals surface area contributed by atoms with Crippen LogP contribution in [-0.4, -0.2) is 10.1 Å². The van der Waals surface area contributed by atoms with Gasteiger partial charge in [-0.2, -0.15) is 5.26 Å². The summed E-state index contributed by atoms with van der Waals surface area (Å²) in [5, 5.41) is 21.0. The van der Waals surface area contributed by atoms with Crippen LogP contribution in [0.5, 0.6) is 0 Å². The molecule has 0 unspecified atom stereocenters. The first-order valence-electron chi connectivity index (χ1n) is 6.25. The molecule has 2 aromatic carbocycles. The predicted octanol–water partition coefficient (Wildman–Crippen LogP) is 5.55. The lowest BCUT2D eigenvalue weighted by molar-refractivity contribution is 0.514. The Kier molecular flexibility index (Phi) is 4.04. The molecule has 0 amide bonds. The average molecular weight is 347 g/mol. The molecule has 6 heteroatoms. The Hall–Kier alpha value is -2.06. The van der Waals surface area contributed by atoms with Crippen molar-refractivity contribution in [2.45, 2.75) is 0 Å². The second-order valence-corrected chi connectivity index (χ2v) is 6.32. The summed E-state index contributed by atoms with van der Waals surface area (Å²) in [6.07, 6.45) is 0. The van der Waals surface area contributed by atoms with E-state index in [1.807, 2.05) is 30.3 Å². The molecule has 1 heterocycles. The van der Waals surface area contributed by atoms with Gasteiger partial charge in [0.05, 0.1) is 15.2 Å². The Morgan fingerprint density at radius 3 is 2.68 bits per heavy atom. The Bertz CT molecular complexity index is 908. The van der Waals surface area contributed by atoms with Gasteiger partial charge < -0.3 is 5.11 Å². The summed E-state index contributed by atoms with van der Waals surface area (Å²) >= 11 is 13.3. The standard InChI is InChI=1S/C16H8Cl2N2OS/c17-9-5-6-12(18)10(7-9)15(21)11(8-19)16-20-13-3-1-2-4-14(13)22-16/h1-7,21H/b15-11-. The topological polar surface area (TPSA) is 56.9 Å². The predicted molar refractivity (Wildman–Crippen MR) is 91.1 cm³/mol. The zero-order chi connectivity index (χ0) is 15.7. The van der Waals surface area contributed by atoms with Crippen molar-refractivity contribution in [3.63, 3.8) is 0 Å². The summed E-state index contributed by atoms with van der Waals surface area (Å²) in [4.78, 5) is 4.38. The van der Waals surface area contributed by atoms with Gasteiger partial charge in [0.15, 0.2) is 0 Å². The van der Waals surface area contributed by atoms with Gasteiger partial charge in [-0.15, -0.1) is 11.3 Å². The highest BCUT2D eigenvalue weighted by Gasteiger charge is 2.17. The number of rotatable bonds is 2. The van der Waals surface area contributed by atoms with Crippen molar-refractivity contribution in [3.05, 3.63) is 63.1 Å². The molecule has 3 rings (SSSR count). The van der Waals surface area contributed by atoms with Gasteiger partial charge in [-0.25, -0.2) is 4.98 Å². The quantitative estimate of drug-likeness (QED) is 0.488. The molecule has 22 heavy (non-hydrogen) atoms. The number of benzene rings is 2. The summed E-state index contributed by atoms with van der Waals surface area (Å²) in [5.41, 5.74) is 1.16. The van der Waals surface area contributed by atoms with Crippen LogP contribution in [0.3, 0.4) is 0 Å². The number of hydrogen-bond donors (Lipinski definition) is 1. The van der Waals surface area contributed by atoms with Crippen LogP contribution >= 0.6 is 34.5 Å². The molecule has 108 valence electrons. The number of halogens is 2. The Morgan fingerprint density at radius 2 is 1.95 bits per heavy atom. The first-order valence-corrected chi connectivity index (χ1v) is 7.82. The van der Waals surface area contributed by atoms with Gasteiger partial charge in [0.25, 0.3) is 0 Å². The third kappa shape index (κ3) is 2.67. The van der Waals surface area contributed by atoms with E-state index >= 15 is 0 Å². The van der Waals surface area contributed by atoms with Crippen LogP contribution in [-0.2, 0) is 0 Å². The van der Waals surface area contributed by atoms with Crippen molar-refractivity contribution in [1.29, 1.82) is 5.26 Å². The summed E-state index contributed by atoms with van der Waals surface area (Å²) in [6.45, 7) is 0. The van der Waals surface area contributed by atoms with Crippen LogP contribution in [0.4, 0.5) is 0 Å². The Balaban J connectivity index is 2.20. The van der Waals surface area contributed by atoms with Crippen LogP contribution in [0, 0.1) is 11.3 Å². The number of fused-ring (bicyclic) bond motifs is 1. The van der Waals surface area contributed by atoms with Crippen LogP contribution in [0.1, 0.15) is 10.6 Å². The molecule has 0 fully saturated rings. The number of thiazole rings is 1. The van der Waals surface area contributed by atoms with Crippen molar-refractivity contribution in [3.8, 4) is 6.07 Å². The summed E-state index contributed by atoms with van der Waals surface area (Å²) in [5.74, 6) is -0.228. The lowest BCUT2D eigenvalue weighted by atomic mass is 10.1. The first-order chi connectivity index (χ1) is 10.6. The van der Waals surface area contributed by atoms with Crippen LogP contribution in [0.25, 0.3) is 21.5 Å². The molecule has 3 nitrogen and oxygen atoms in total. The second-order valence-electron chi connectivity index (χ2n) is 4.45. The van der Waals surface area contributed by atoms with Gasteiger partial charge in [-0.3, -0.25) is 0 Å². The average Bonchev–Trinajstić information content (AvgIpc) is 2.93. The first kappa shape index (κ1) is 14.9. The van der Waals surface area contributed by atoms with Crippen molar-refractivity contribution < 1.29 is 5.11 Å². The fraction of sp³-hybridized carbons (Fsp3) is 0. The van der Waals surface area contributed by atoms with E-state index in [1.54, 1.807) is 12.1 Å². The molecule has 0 aliphatic heterocycles. The Morgan fingerprint density at radius 1 is 1.18 bits per heavy atom. The maximum absolute atomic E-state index is 10.4. The number of allylic oxidation sites excluding steroid dienone is 1. The second kappa shape index (κ2) is 5.98. The fourth-order valence-corrected chi connectivity index (χ4v) is 3.34. The van der Waals surface area contributed by atoms with E-state index in [2.05, 4.69) is 4.98 Å². The van der Waals surface area contributed by atoms with Crippen molar-refractivity contribution in [2.75, 3.05) is 0 Å². The molecule has 0 saturated heterocycles. The highest BCUT2D eigenvalue weighted by Crippen LogP contribution is 2.33. The van der Waals surface area contributed by atoms with Crippen LogP contribution in [0.2, 0.25) is 10.0 Å². The molecule has 0 aliphatic carbocycles. The summed E-state index contributed by atoms with van der Waals surface area (Å²) in [6, 6.07) is 14.2. The molecule has 0 spiro atoms. The van der Waals surface area contributed by atoms with E-state index < -0.39 is 0 Å². The normalized spacial score (nSPS) is 12.0. The third-order valence-electron chi connectivity index (χ3n) is 3.04. The lowest BCUT2D eigenvalue weighted by Crippen LogP contribution is -1.91. The molecule has 0 bridgehead atoms. The highest BCUT2D eigenvalue weighted by atomic mass is 35.5. The monoisotopic (exact) mass is 346 g/mol. The third-order valence-corrected chi connectivity index (χ3v) is 4.66. The van der Waals surface area contributed by atoms with Gasteiger partial charge in [0, 0.05) is 10.6 Å². The maximum atomic E-state index is 10.4. The lowest BCUT2D eigenvalue weighted by Gasteiger charge is -2.05. The molecule has 3 aromatic rings. The fourth-order valence-electron chi connectivity index (χ4n) is 1.99. The zero-order valence-corrected chi connectivity index (χ0v) is 13.4. The molecule has 0 radical (unpaired) electrons. The number of para-hydroxylation sites is 1. The highest BCUT2D eigenvalue weighted by molar-refractivity contribution is 7.19. The smallest absolute Gasteiger partial charge is 0.145 e. The van der Waals surface area contributed by atoms with E-state index in [0.29, 0.717) is 20.6 Å². The van der Waals surface area contributed by atoms with Gasteiger partial charge >= 0.3 is 0 Å². The van der Waals surface area contributed by atoms with Gasteiger partial charge in [-0.05, 0) is 30.3 Å². The van der Waals surface area contributed by atoms with Gasteiger partial charge in [0.1, 0.15) is 22.4 Å². The summed E-state index contributed by atoms with van der Waals surface area (Å²) < 4.78 is 0.940. The van der Waals surface area contributed by atoms with Crippen molar-refractivity contribution in [2.24, 2.45) is 0 Å². The number of aliphatic hydroxyl groups is 1.